The van der Waals surface area contributed by atoms with Crippen LogP contribution in [0.2, 0.25) is 0 Å². The third kappa shape index (κ3) is 3.09. The van der Waals surface area contributed by atoms with E-state index in [9.17, 15) is 10.1 Å². The van der Waals surface area contributed by atoms with Gasteiger partial charge in [-0.1, -0.05) is 0 Å². The zero-order valence-electron chi connectivity index (χ0n) is 16.4. The molecule has 2 aromatic heterocycles. The molecule has 2 amide bonds. The maximum atomic E-state index is 12.2. The Morgan fingerprint density at radius 1 is 1.31 bits per heavy atom. The van der Waals surface area contributed by atoms with Gasteiger partial charge in [-0.15, -0.1) is 0 Å². The second-order valence-electron chi connectivity index (χ2n) is 7.80. The van der Waals surface area contributed by atoms with Crippen LogP contribution in [-0.4, -0.2) is 65.5 Å². The number of nitriles is 1. The molecule has 9 heteroatoms. The zero-order chi connectivity index (χ0) is 20.0. The first-order valence-corrected chi connectivity index (χ1v) is 9.96. The number of ether oxygens (including phenoxy) is 1. The number of pyridine rings is 1. The predicted molar refractivity (Wildman–Crippen MR) is 106 cm³/mol. The summed E-state index contributed by atoms with van der Waals surface area (Å²) in [4.78, 5) is 22.7. The molecule has 1 unspecified atom stereocenters. The van der Waals surface area contributed by atoms with Gasteiger partial charge in [0.2, 0.25) is 0 Å². The Kier molecular flexibility index (Phi) is 4.36. The molecule has 5 heterocycles. The summed E-state index contributed by atoms with van der Waals surface area (Å²) in [6.45, 7) is 4.18. The number of anilines is 2. The maximum absolute atomic E-state index is 12.2. The van der Waals surface area contributed by atoms with Crippen LogP contribution in [0.5, 0.6) is 0 Å². The topological polar surface area (TPSA) is 90.5 Å². The molecule has 0 radical (unpaired) electrons. The first-order chi connectivity index (χ1) is 14.1. The zero-order valence-corrected chi connectivity index (χ0v) is 16.4. The molecule has 150 valence electrons. The van der Waals surface area contributed by atoms with Crippen molar-refractivity contribution in [3.05, 3.63) is 35.3 Å². The van der Waals surface area contributed by atoms with Gasteiger partial charge >= 0.3 is 6.03 Å². The Bertz CT molecular complexity index is 995. The van der Waals surface area contributed by atoms with Crippen LogP contribution in [0, 0.1) is 11.3 Å². The predicted octanol–water partition coefficient (Wildman–Crippen LogP) is 1.55. The van der Waals surface area contributed by atoms with Crippen molar-refractivity contribution in [1.29, 1.82) is 5.26 Å². The average Bonchev–Trinajstić information content (AvgIpc) is 3.48. The summed E-state index contributed by atoms with van der Waals surface area (Å²) in [6, 6.07) is 4.42. The summed E-state index contributed by atoms with van der Waals surface area (Å²) >= 11 is 0. The summed E-state index contributed by atoms with van der Waals surface area (Å²) in [5.74, 6) is 0.763. The molecule has 0 bridgehead atoms. The fourth-order valence-electron chi connectivity index (χ4n) is 4.30. The summed E-state index contributed by atoms with van der Waals surface area (Å²) in [6.07, 6.45) is 5.42. The van der Waals surface area contributed by atoms with E-state index < -0.39 is 0 Å². The van der Waals surface area contributed by atoms with E-state index >= 15 is 0 Å². The first kappa shape index (κ1) is 17.9. The first-order valence-electron chi connectivity index (χ1n) is 9.96. The van der Waals surface area contributed by atoms with Crippen LogP contribution < -0.4 is 9.80 Å². The molecule has 1 atom stereocenters. The molecule has 0 saturated carbocycles. The lowest BCUT2D eigenvalue weighted by molar-refractivity contribution is 0.109. The van der Waals surface area contributed by atoms with Gasteiger partial charge in [0, 0.05) is 51.4 Å². The number of aromatic nitrogens is 3. The van der Waals surface area contributed by atoms with E-state index in [4.69, 9.17) is 9.72 Å². The highest BCUT2D eigenvalue weighted by molar-refractivity contribution is 5.93. The van der Waals surface area contributed by atoms with Crippen LogP contribution in [0.1, 0.15) is 29.3 Å². The van der Waals surface area contributed by atoms with Crippen molar-refractivity contribution in [2.24, 2.45) is 0 Å². The molecule has 3 aliphatic heterocycles. The van der Waals surface area contributed by atoms with E-state index in [1.54, 1.807) is 16.0 Å². The molecular weight excluding hydrogens is 370 g/mol. The number of carbonyl (C=O) groups excluding carboxylic acids is 1. The lowest BCUT2D eigenvalue weighted by Crippen LogP contribution is -2.28. The van der Waals surface area contributed by atoms with Gasteiger partial charge in [-0.25, -0.2) is 9.78 Å². The Morgan fingerprint density at radius 2 is 2.21 bits per heavy atom. The van der Waals surface area contributed by atoms with Gasteiger partial charge in [0.1, 0.15) is 11.9 Å². The maximum Gasteiger partial charge on any atom is 0.324 e. The van der Waals surface area contributed by atoms with Crippen molar-refractivity contribution in [3.8, 4) is 6.07 Å². The summed E-state index contributed by atoms with van der Waals surface area (Å²) in [7, 11) is 1.81. The highest BCUT2D eigenvalue weighted by Crippen LogP contribution is 2.31. The van der Waals surface area contributed by atoms with Crippen LogP contribution in [0.4, 0.5) is 16.3 Å². The molecule has 0 aliphatic carbocycles. The van der Waals surface area contributed by atoms with E-state index in [0.717, 1.165) is 55.2 Å². The van der Waals surface area contributed by atoms with Crippen LogP contribution >= 0.6 is 0 Å². The standard InChI is InChI=1S/C20H23N7O2/c1-24-5-6-26(20(24)28)17-10-22-27(12-17)16-2-4-25(11-16)19-14(9-21)8-15-13-29-7-3-18(15)23-19/h8,10,12,16H,2-7,11,13H2,1H3. The minimum absolute atomic E-state index is 0.0125. The second-order valence-corrected chi connectivity index (χ2v) is 7.80. The SMILES string of the molecule is CN1CCN(c2cnn(C3CCN(c4nc5c(cc4C#N)COCC5)C3)c2)C1=O. The summed E-state index contributed by atoms with van der Waals surface area (Å²) in [5.41, 5.74) is 3.49. The highest BCUT2D eigenvalue weighted by Gasteiger charge is 2.31. The highest BCUT2D eigenvalue weighted by atomic mass is 16.5. The van der Waals surface area contributed by atoms with Gasteiger partial charge in [-0.05, 0) is 12.5 Å². The van der Waals surface area contributed by atoms with Crippen molar-refractivity contribution < 1.29 is 9.53 Å². The van der Waals surface area contributed by atoms with Crippen LogP contribution in [-0.2, 0) is 17.8 Å². The van der Waals surface area contributed by atoms with E-state index in [-0.39, 0.29) is 12.1 Å². The molecular formula is C20H23N7O2. The number of likely N-dealkylation sites (N-methyl/N-ethyl adjacent to an activating group) is 1. The summed E-state index contributed by atoms with van der Waals surface area (Å²) < 4.78 is 7.43. The molecule has 0 N–H and O–H groups in total. The van der Waals surface area contributed by atoms with Crippen LogP contribution in [0.15, 0.2) is 18.5 Å². The number of fused-ring (bicyclic) bond motifs is 1. The third-order valence-corrected chi connectivity index (χ3v) is 5.99. The third-order valence-electron chi connectivity index (χ3n) is 5.99. The minimum Gasteiger partial charge on any atom is -0.376 e. The Morgan fingerprint density at radius 3 is 3.00 bits per heavy atom. The number of amides is 2. The van der Waals surface area contributed by atoms with Crippen molar-refractivity contribution in [2.45, 2.75) is 25.5 Å². The number of nitrogens with zero attached hydrogens (tertiary/aromatic N) is 7. The van der Waals surface area contributed by atoms with Crippen molar-refractivity contribution >= 4 is 17.5 Å². The molecule has 3 aliphatic rings. The fraction of sp³-hybridized carbons (Fsp3) is 0.500. The molecule has 29 heavy (non-hydrogen) atoms. The quantitative estimate of drug-likeness (QED) is 0.786. The van der Waals surface area contributed by atoms with Crippen molar-refractivity contribution in [1.82, 2.24) is 19.7 Å². The van der Waals surface area contributed by atoms with E-state index in [2.05, 4.69) is 16.1 Å². The number of urea groups is 1. The van der Waals surface area contributed by atoms with Gasteiger partial charge in [0.25, 0.3) is 0 Å². The van der Waals surface area contributed by atoms with Gasteiger partial charge in [-0.3, -0.25) is 9.58 Å². The largest absolute Gasteiger partial charge is 0.376 e. The number of carbonyl (C=O) groups is 1. The lowest BCUT2D eigenvalue weighted by Gasteiger charge is -2.23. The van der Waals surface area contributed by atoms with E-state index in [0.29, 0.717) is 25.3 Å². The second kappa shape index (κ2) is 7.04. The average molecular weight is 393 g/mol. The molecule has 0 aromatic carbocycles. The Balaban J connectivity index is 1.35. The van der Waals surface area contributed by atoms with Gasteiger partial charge < -0.3 is 14.5 Å². The number of hydrogen-bond acceptors (Lipinski definition) is 6. The van der Waals surface area contributed by atoms with E-state index in [1.807, 2.05) is 24.0 Å². The number of hydrogen-bond donors (Lipinski definition) is 0. The molecule has 5 rings (SSSR count). The molecule has 2 fully saturated rings. The molecule has 9 nitrogen and oxygen atoms in total. The van der Waals surface area contributed by atoms with Gasteiger partial charge in [0.05, 0.1) is 42.4 Å². The van der Waals surface area contributed by atoms with Gasteiger partial charge in [0.15, 0.2) is 0 Å². The Hall–Kier alpha value is -3.12. The fourth-order valence-corrected chi connectivity index (χ4v) is 4.30. The lowest BCUT2D eigenvalue weighted by atomic mass is 10.1. The molecule has 2 aromatic rings. The van der Waals surface area contributed by atoms with Crippen molar-refractivity contribution in [2.75, 3.05) is 49.6 Å². The summed E-state index contributed by atoms with van der Waals surface area (Å²) in [5, 5.41) is 14.1. The van der Waals surface area contributed by atoms with Crippen LogP contribution in [0.25, 0.3) is 0 Å². The molecule has 2 saturated heterocycles. The number of rotatable bonds is 3. The van der Waals surface area contributed by atoms with Crippen LogP contribution in [0.3, 0.4) is 0 Å². The smallest absolute Gasteiger partial charge is 0.324 e. The van der Waals surface area contributed by atoms with E-state index in [1.165, 1.54) is 0 Å². The monoisotopic (exact) mass is 393 g/mol. The minimum atomic E-state index is 0.0125. The molecule has 0 spiro atoms. The van der Waals surface area contributed by atoms with Gasteiger partial charge in [-0.2, -0.15) is 10.4 Å². The Labute approximate surface area is 169 Å². The van der Waals surface area contributed by atoms with Crippen molar-refractivity contribution in [3.63, 3.8) is 0 Å². The normalized spacial score (nSPS) is 21.6.